The predicted octanol–water partition coefficient (Wildman–Crippen LogP) is 14.8. The Hall–Kier alpha value is -7.21. The van der Waals surface area contributed by atoms with Crippen molar-refractivity contribution in [3.8, 4) is 67.5 Å². The third-order valence-electron chi connectivity index (χ3n) is 12.1. The van der Waals surface area contributed by atoms with Crippen LogP contribution in [0.2, 0.25) is 0 Å². The lowest BCUT2D eigenvalue weighted by Gasteiger charge is -2.24. The quantitative estimate of drug-likeness (QED) is 0.175. The minimum absolute atomic E-state index is 0.0831. The van der Waals surface area contributed by atoms with Crippen molar-refractivity contribution < 1.29 is 4.42 Å². The van der Waals surface area contributed by atoms with Gasteiger partial charge in [-0.1, -0.05) is 159 Å². The molecular weight excluding hydrogens is 739 g/mol. The maximum atomic E-state index is 6.51. The summed E-state index contributed by atoms with van der Waals surface area (Å²) in [6.07, 6.45) is 0. The summed E-state index contributed by atoms with van der Waals surface area (Å²) in [5.74, 6) is 1.87. The van der Waals surface area contributed by atoms with Crippen LogP contribution in [-0.4, -0.2) is 15.0 Å². The van der Waals surface area contributed by atoms with E-state index in [0.29, 0.717) is 17.5 Å². The van der Waals surface area contributed by atoms with Crippen LogP contribution in [0.3, 0.4) is 0 Å². The van der Waals surface area contributed by atoms with Crippen LogP contribution in [0.4, 0.5) is 0 Å². The van der Waals surface area contributed by atoms with Crippen molar-refractivity contribution in [2.75, 3.05) is 0 Å². The largest absolute Gasteiger partial charge is 0.456 e. The number of benzene rings is 8. The second-order valence-corrected chi connectivity index (χ2v) is 17.0. The van der Waals surface area contributed by atoms with Gasteiger partial charge in [-0.2, -0.15) is 0 Å². The molecule has 1 aliphatic rings. The van der Waals surface area contributed by atoms with Gasteiger partial charge in [-0.15, -0.1) is 11.3 Å². The SMILES string of the molecule is CC1(C)c2ccccc2-c2cccc(-c3ccc(-c4ccc5oc6cccc(-c7nc(-c8ccccc8)nc(-c8ccc9c(c8)sc8ccccc89)n7)c6c5c4)cc3)c21. The van der Waals surface area contributed by atoms with Crippen molar-refractivity contribution in [2.24, 2.45) is 0 Å². The smallest absolute Gasteiger partial charge is 0.164 e. The van der Waals surface area contributed by atoms with E-state index in [1.165, 1.54) is 53.6 Å². The van der Waals surface area contributed by atoms with E-state index >= 15 is 0 Å². The Morgan fingerprint density at radius 2 is 1.05 bits per heavy atom. The molecule has 0 saturated carbocycles. The summed E-state index contributed by atoms with van der Waals surface area (Å²) in [5.41, 5.74) is 14.5. The summed E-state index contributed by atoms with van der Waals surface area (Å²) < 4.78 is 8.98. The number of nitrogens with zero attached hydrogens (tertiary/aromatic N) is 3. The zero-order chi connectivity index (χ0) is 39.2. The van der Waals surface area contributed by atoms with Crippen molar-refractivity contribution >= 4 is 53.4 Å². The van der Waals surface area contributed by atoms with Crippen molar-refractivity contribution in [3.05, 3.63) is 187 Å². The minimum atomic E-state index is -0.0831. The fourth-order valence-corrected chi connectivity index (χ4v) is 10.5. The highest BCUT2D eigenvalue weighted by Crippen LogP contribution is 2.52. The van der Waals surface area contributed by atoms with Gasteiger partial charge in [0.25, 0.3) is 0 Å². The van der Waals surface area contributed by atoms with Crippen LogP contribution < -0.4 is 0 Å². The number of aromatic nitrogens is 3. The number of rotatable bonds is 5. The number of hydrogen-bond acceptors (Lipinski definition) is 5. The zero-order valence-electron chi connectivity index (χ0n) is 32.4. The monoisotopic (exact) mass is 773 g/mol. The summed E-state index contributed by atoms with van der Waals surface area (Å²) in [5, 5.41) is 4.51. The normalized spacial score (nSPS) is 13.1. The molecule has 1 aliphatic carbocycles. The van der Waals surface area contributed by atoms with Crippen molar-refractivity contribution in [2.45, 2.75) is 19.3 Å². The summed E-state index contributed by atoms with van der Waals surface area (Å²) in [4.78, 5) is 15.4. The highest BCUT2D eigenvalue weighted by molar-refractivity contribution is 7.25. The predicted molar refractivity (Wildman–Crippen MR) is 245 cm³/mol. The van der Waals surface area contributed by atoms with Gasteiger partial charge in [0.05, 0.1) is 0 Å². The molecule has 0 radical (unpaired) electrons. The Bertz CT molecular complexity index is 3470. The number of fused-ring (bicyclic) bond motifs is 9. The summed E-state index contributed by atoms with van der Waals surface area (Å²) in [6, 6.07) is 62.5. The fraction of sp³-hybridized carbons (Fsp3) is 0.0556. The first kappa shape index (κ1) is 33.9. The molecule has 278 valence electrons. The summed E-state index contributed by atoms with van der Waals surface area (Å²) in [7, 11) is 0. The average Bonchev–Trinajstić information content (AvgIpc) is 3.93. The molecule has 5 heteroatoms. The minimum Gasteiger partial charge on any atom is -0.456 e. The van der Waals surface area contributed by atoms with Gasteiger partial charge in [-0.3, -0.25) is 0 Å². The summed E-state index contributed by atoms with van der Waals surface area (Å²) >= 11 is 1.79. The van der Waals surface area contributed by atoms with Gasteiger partial charge >= 0.3 is 0 Å². The molecule has 0 amide bonds. The maximum absolute atomic E-state index is 6.51. The third-order valence-corrected chi connectivity index (χ3v) is 13.3. The van der Waals surface area contributed by atoms with Crippen molar-refractivity contribution in [3.63, 3.8) is 0 Å². The van der Waals surface area contributed by atoms with Gasteiger partial charge in [0.2, 0.25) is 0 Å². The second kappa shape index (κ2) is 12.9. The lowest BCUT2D eigenvalue weighted by molar-refractivity contribution is 0.662. The first-order chi connectivity index (χ1) is 29.0. The molecule has 8 aromatic carbocycles. The van der Waals surface area contributed by atoms with Crippen LogP contribution >= 0.6 is 11.3 Å². The molecule has 0 atom stereocenters. The Morgan fingerprint density at radius 1 is 0.407 bits per heavy atom. The Kier molecular flexibility index (Phi) is 7.41. The van der Waals surface area contributed by atoms with Crippen LogP contribution in [-0.2, 0) is 5.41 Å². The first-order valence-corrected chi connectivity index (χ1v) is 20.8. The van der Waals surface area contributed by atoms with E-state index in [9.17, 15) is 0 Å². The molecular formula is C54H35N3OS. The first-order valence-electron chi connectivity index (χ1n) is 20.0. The van der Waals surface area contributed by atoms with E-state index in [1.807, 2.05) is 30.3 Å². The van der Waals surface area contributed by atoms with Crippen LogP contribution in [0.1, 0.15) is 25.0 Å². The molecule has 0 aliphatic heterocycles. The number of furan rings is 1. The van der Waals surface area contributed by atoms with Gasteiger partial charge in [-0.05, 0) is 74.8 Å². The summed E-state index contributed by atoms with van der Waals surface area (Å²) in [6.45, 7) is 4.69. The van der Waals surface area contributed by atoms with Gasteiger partial charge in [0.1, 0.15) is 11.2 Å². The van der Waals surface area contributed by atoms with E-state index in [-0.39, 0.29) is 5.41 Å². The standard InChI is InChI=1S/C54H35N3OS/c1-54(2)44-19-8-6-14-38(44)41-17-10-16-37(50(41)54)33-24-22-32(23-25-33)35-27-29-45-43(30-35)49-42(18-11-20-46(49)58-45)53-56-51(34-12-4-3-5-13-34)55-52(57-53)36-26-28-40-39-15-7-9-21-47(39)59-48(40)31-36/h3-31H,1-2H3. The topological polar surface area (TPSA) is 51.8 Å². The Labute approximate surface area is 345 Å². The van der Waals surface area contributed by atoms with Gasteiger partial charge in [0, 0.05) is 53.1 Å². The molecule has 0 fully saturated rings. The molecule has 3 heterocycles. The molecule has 0 bridgehead atoms. The molecule has 0 unspecified atom stereocenters. The molecule has 4 nitrogen and oxygen atoms in total. The van der Waals surface area contributed by atoms with Crippen LogP contribution in [0.5, 0.6) is 0 Å². The average molecular weight is 774 g/mol. The van der Waals surface area contributed by atoms with E-state index < -0.39 is 0 Å². The second-order valence-electron chi connectivity index (χ2n) is 15.9. The van der Waals surface area contributed by atoms with Crippen molar-refractivity contribution in [1.82, 2.24) is 15.0 Å². The molecule has 11 aromatic rings. The fourth-order valence-electron chi connectivity index (χ4n) is 9.33. The lowest BCUT2D eigenvalue weighted by atomic mass is 9.79. The number of thiophene rings is 1. The van der Waals surface area contributed by atoms with Gasteiger partial charge < -0.3 is 4.42 Å². The maximum Gasteiger partial charge on any atom is 0.164 e. The Morgan fingerprint density at radius 3 is 1.93 bits per heavy atom. The van der Waals surface area contributed by atoms with E-state index in [0.717, 1.165) is 49.8 Å². The molecule has 0 N–H and O–H groups in total. The van der Waals surface area contributed by atoms with Crippen LogP contribution in [0.15, 0.2) is 180 Å². The number of hydrogen-bond donors (Lipinski definition) is 0. The third kappa shape index (κ3) is 5.32. The molecule has 12 rings (SSSR count). The Balaban J connectivity index is 0.971. The lowest BCUT2D eigenvalue weighted by Crippen LogP contribution is -2.16. The molecule has 0 spiro atoms. The van der Waals surface area contributed by atoms with E-state index in [4.69, 9.17) is 19.4 Å². The molecule has 3 aromatic heterocycles. The van der Waals surface area contributed by atoms with Crippen molar-refractivity contribution in [1.29, 1.82) is 0 Å². The van der Waals surface area contributed by atoms with Crippen LogP contribution in [0, 0.1) is 0 Å². The highest BCUT2D eigenvalue weighted by Gasteiger charge is 2.37. The highest BCUT2D eigenvalue weighted by atomic mass is 32.1. The molecule has 59 heavy (non-hydrogen) atoms. The van der Waals surface area contributed by atoms with E-state index in [1.54, 1.807) is 11.3 Å². The van der Waals surface area contributed by atoms with Gasteiger partial charge in [-0.25, -0.2) is 15.0 Å². The van der Waals surface area contributed by atoms with Crippen LogP contribution in [0.25, 0.3) is 110 Å². The molecule has 0 saturated heterocycles. The zero-order valence-corrected chi connectivity index (χ0v) is 33.2. The van der Waals surface area contributed by atoms with E-state index in [2.05, 4.69) is 159 Å². The van der Waals surface area contributed by atoms with Gasteiger partial charge in [0.15, 0.2) is 17.5 Å².